The minimum atomic E-state index is -4.40. The average Bonchev–Trinajstić information content (AvgIpc) is 3.03. The normalized spacial score (nSPS) is 14.9. The van der Waals surface area contributed by atoms with Gasteiger partial charge in [0.25, 0.3) is 0 Å². The predicted molar refractivity (Wildman–Crippen MR) is 111 cm³/mol. The standard InChI is InChI=1S/C22H26F3N3O3/c1-30-18-7-4-16(14-19(18)31-2)5-9-21(29)28-11-3-10-27(12-13-28)20-8-6-17(15-26-20)22(23,24)25/h4,6-8,14-15H,3,5,9-13H2,1-2H3. The second kappa shape index (κ2) is 9.89. The highest BCUT2D eigenvalue weighted by Gasteiger charge is 2.31. The summed E-state index contributed by atoms with van der Waals surface area (Å²) in [4.78, 5) is 20.4. The number of halogens is 3. The zero-order valence-corrected chi connectivity index (χ0v) is 17.6. The molecule has 1 aromatic heterocycles. The number of carbonyl (C=O) groups is 1. The van der Waals surface area contributed by atoms with Crippen molar-refractivity contribution in [1.29, 1.82) is 0 Å². The zero-order valence-electron chi connectivity index (χ0n) is 17.6. The number of aromatic nitrogens is 1. The third-order valence-electron chi connectivity index (χ3n) is 5.32. The zero-order chi connectivity index (χ0) is 22.4. The number of alkyl halides is 3. The quantitative estimate of drug-likeness (QED) is 0.688. The number of ether oxygens (including phenoxy) is 2. The molecule has 3 rings (SSSR count). The Bertz CT molecular complexity index is 888. The molecule has 31 heavy (non-hydrogen) atoms. The molecule has 1 fully saturated rings. The van der Waals surface area contributed by atoms with Crippen molar-refractivity contribution in [3.8, 4) is 11.5 Å². The summed E-state index contributed by atoms with van der Waals surface area (Å²) in [6.07, 6.45) is -1.87. The highest BCUT2D eigenvalue weighted by molar-refractivity contribution is 5.76. The van der Waals surface area contributed by atoms with Gasteiger partial charge in [-0.2, -0.15) is 13.2 Å². The molecule has 2 aromatic rings. The molecule has 1 amide bonds. The first-order chi connectivity index (χ1) is 14.8. The summed E-state index contributed by atoms with van der Waals surface area (Å²) in [6.45, 7) is 2.29. The van der Waals surface area contributed by atoms with Crippen LogP contribution >= 0.6 is 0 Å². The van der Waals surface area contributed by atoms with E-state index in [0.29, 0.717) is 56.3 Å². The second-order valence-electron chi connectivity index (χ2n) is 7.31. The monoisotopic (exact) mass is 437 g/mol. The average molecular weight is 437 g/mol. The highest BCUT2D eigenvalue weighted by Crippen LogP contribution is 2.30. The summed E-state index contributed by atoms with van der Waals surface area (Å²) >= 11 is 0. The number of rotatable bonds is 6. The Balaban J connectivity index is 1.55. The maximum atomic E-state index is 12.7. The number of anilines is 1. The van der Waals surface area contributed by atoms with Gasteiger partial charge in [-0.05, 0) is 42.7 Å². The van der Waals surface area contributed by atoms with Crippen molar-refractivity contribution in [2.24, 2.45) is 0 Å². The van der Waals surface area contributed by atoms with Crippen LogP contribution in [0.3, 0.4) is 0 Å². The number of nitrogens with zero attached hydrogens (tertiary/aromatic N) is 3. The molecular formula is C22H26F3N3O3. The van der Waals surface area contributed by atoms with Crippen molar-refractivity contribution in [1.82, 2.24) is 9.88 Å². The third-order valence-corrected chi connectivity index (χ3v) is 5.32. The van der Waals surface area contributed by atoms with Crippen molar-refractivity contribution in [3.63, 3.8) is 0 Å². The van der Waals surface area contributed by atoms with Gasteiger partial charge >= 0.3 is 6.18 Å². The molecule has 0 spiro atoms. The molecule has 0 N–H and O–H groups in total. The van der Waals surface area contributed by atoms with Gasteiger partial charge in [0.05, 0.1) is 19.8 Å². The van der Waals surface area contributed by atoms with Gasteiger partial charge in [0.2, 0.25) is 5.91 Å². The molecule has 0 bridgehead atoms. The molecule has 0 atom stereocenters. The number of benzene rings is 1. The molecule has 0 saturated carbocycles. The summed E-state index contributed by atoms with van der Waals surface area (Å²) < 4.78 is 48.7. The molecular weight excluding hydrogens is 411 g/mol. The highest BCUT2D eigenvalue weighted by atomic mass is 19.4. The SMILES string of the molecule is COc1ccc(CCC(=O)N2CCCN(c3ccc(C(F)(F)F)cn3)CC2)cc1OC. The number of carbonyl (C=O) groups excluding carboxylic acids is 1. The van der Waals surface area contributed by atoms with Crippen molar-refractivity contribution in [3.05, 3.63) is 47.7 Å². The first-order valence-electron chi connectivity index (χ1n) is 10.1. The maximum absolute atomic E-state index is 12.7. The Hall–Kier alpha value is -2.97. The van der Waals surface area contributed by atoms with E-state index in [-0.39, 0.29) is 5.91 Å². The summed E-state index contributed by atoms with van der Waals surface area (Å²) in [5, 5.41) is 0. The van der Waals surface area contributed by atoms with Crippen LogP contribution in [0.4, 0.5) is 19.0 Å². The molecule has 1 saturated heterocycles. The number of hydrogen-bond donors (Lipinski definition) is 0. The molecule has 1 aromatic carbocycles. The molecule has 9 heteroatoms. The van der Waals surface area contributed by atoms with E-state index in [4.69, 9.17) is 9.47 Å². The van der Waals surface area contributed by atoms with Crippen molar-refractivity contribution >= 4 is 11.7 Å². The molecule has 1 aliphatic heterocycles. The van der Waals surface area contributed by atoms with Gasteiger partial charge < -0.3 is 19.3 Å². The molecule has 6 nitrogen and oxygen atoms in total. The number of amides is 1. The van der Waals surface area contributed by atoms with Crippen LogP contribution < -0.4 is 14.4 Å². The van der Waals surface area contributed by atoms with E-state index in [0.717, 1.165) is 24.2 Å². The van der Waals surface area contributed by atoms with Gasteiger partial charge in [-0.1, -0.05) is 6.07 Å². The lowest BCUT2D eigenvalue weighted by Gasteiger charge is -2.23. The summed E-state index contributed by atoms with van der Waals surface area (Å²) in [7, 11) is 3.14. The number of hydrogen-bond acceptors (Lipinski definition) is 5. The number of aryl methyl sites for hydroxylation is 1. The molecule has 1 aliphatic rings. The van der Waals surface area contributed by atoms with Crippen LogP contribution in [0.5, 0.6) is 11.5 Å². The largest absolute Gasteiger partial charge is 0.493 e. The van der Waals surface area contributed by atoms with Crippen LogP contribution in [0.25, 0.3) is 0 Å². The van der Waals surface area contributed by atoms with Gasteiger partial charge in [-0.25, -0.2) is 4.98 Å². The number of methoxy groups -OCH3 is 2. The van der Waals surface area contributed by atoms with Gasteiger partial charge in [-0.3, -0.25) is 4.79 Å². The van der Waals surface area contributed by atoms with Gasteiger partial charge in [0.15, 0.2) is 11.5 Å². The van der Waals surface area contributed by atoms with Crippen LogP contribution in [-0.2, 0) is 17.4 Å². The van der Waals surface area contributed by atoms with Crippen LogP contribution in [0, 0.1) is 0 Å². The fourth-order valence-corrected chi connectivity index (χ4v) is 3.58. The van der Waals surface area contributed by atoms with Crippen molar-refractivity contribution < 1.29 is 27.4 Å². The molecule has 0 radical (unpaired) electrons. The summed E-state index contributed by atoms with van der Waals surface area (Å²) in [5.74, 6) is 1.81. The minimum absolute atomic E-state index is 0.0528. The topological polar surface area (TPSA) is 54.9 Å². The van der Waals surface area contributed by atoms with Crippen LogP contribution in [-0.4, -0.2) is 56.2 Å². The first-order valence-corrected chi connectivity index (χ1v) is 10.1. The van der Waals surface area contributed by atoms with E-state index in [1.54, 1.807) is 14.2 Å². The van der Waals surface area contributed by atoms with Gasteiger partial charge in [0, 0.05) is 38.8 Å². The van der Waals surface area contributed by atoms with Crippen molar-refractivity contribution in [2.45, 2.75) is 25.4 Å². The Morgan fingerprint density at radius 2 is 1.81 bits per heavy atom. The van der Waals surface area contributed by atoms with E-state index in [1.165, 1.54) is 6.07 Å². The second-order valence-corrected chi connectivity index (χ2v) is 7.31. The minimum Gasteiger partial charge on any atom is -0.493 e. The molecule has 2 heterocycles. The lowest BCUT2D eigenvalue weighted by atomic mass is 10.1. The first kappa shape index (κ1) is 22.7. The predicted octanol–water partition coefficient (Wildman–Crippen LogP) is 3.79. The van der Waals surface area contributed by atoms with E-state index in [1.807, 2.05) is 28.0 Å². The van der Waals surface area contributed by atoms with Crippen LogP contribution in [0.2, 0.25) is 0 Å². The van der Waals surface area contributed by atoms with E-state index in [9.17, 15) is 18.0 Å². The Morgan fingerprint density at radius 3 is 2.45 bits per heavy atom. The lowest BCUT2D eigenvalue weighted by Crippen LogP contribution is -2.35. The molecule has 0 unspecified atom stereocenters. The Labute approximate surface area is 179 Å². The Morgan fingerprint density at radius 1 is 1.03 bits per heavy atom. The summed E-state index contributed by atoms with van der Waals surface area (Å²) in [5.41, 5.74) is 0.217. The fourth-order valence-electron chi connectivity index (χ4n) is 3.58. The van der Waals surface area contributed by atoms with E-state index >= 15 is 0 Å². The molecule has 0 aliphatic carbocycles. The maximum Gasteiger partial charge on any atom is 0.417 e. The number of pyridine rings is 1. The van der Waals surface area contributed by atoms with Crippen LogP contribution in [0.1, 0.15) is 24.0 Å². The summed E-state index contributed by atoms with van der Waals surface area (Å²) in [6, 6.07) is 8.03. The lowest BCUT2D eigenvalue weighted by molar-refractivity contribution is -0.137. The molecule has 168 valence electrons. The van der Waals surface area contributed by atoms with E-state index < -0.39 is 11.7 Å². The van der Waals surface area contributed by atoms with Crippen LogP contribution in [0.15, 0.2) is 36.5 Å². The fraction of sp³-hybridized carbons (Fsp3) is 0.455. The van der Waals surface area contributed by atoms with Gasteiger partial charge in [0.1, 0.15) is 5.82 Å². The van der Waals surface area contributed by atoms with Gasteiger partial charge in [-0.15, -0.1) is 0 Å². The smallest absolute Gasteiger partial charge is 0.417 e. The van der Waals surface area contributed by atoms with Crippen molar-refractivity contribution in [2.75, 3.05) is 45.3 Å². The van der Waals surface area contributed by atoms with E-state index in [2.05, 4.69) is 4.98 Å². The Kier molecular flexibility index (Phi) is 7.25. The third kappa shape index (κ3) is 5.80.